The predicted octanol–water partition coefficient (Wildman–Crippen LogP) is 2.44. The molecular formula is C12H10N2O. The molecule has 0 radical (unpaired) electrons. The van der Waals surface area contributed by atoms with Crippen LogP contribution in [0.1, 0.15) is 5.69 Å². The van der Waals surface area contributed by atoms with Gasteiger partial charge in [-0.05, 0) is 23.6 Å². The summed E-state index contributed by atoms with van der Waals surface area (Å²) < 4.78 is 5.36. The number of nitrogens with two attached hydrogens (primary N) is 1. The molecule has 2 N–H and O–H groups in total. The molecule has 3 rings (SSSR count). The number of benzene rings is 1. The summed E-state index contributed by atoms with van der Waals surface area (Å²) in [4.78, 5) is 4.29. The fourth-order valence-electron chi connectivity index (χ4n) is 1.95. The zero-order valence-electron chi connectivity index (χ0n) is 8.10. The fourth-order valence-corrected chi connectivity index (χ4v) is 1.95. The molecule has 2 aromatic heterocycles. The first-order valence-corrected chi connectivity index (χ1v) is 4.84. The minimum Gasteiger partial charge on any atom is -0.464 e. The van der Waals surface area contributed by atoms with Crippen molar-refractivity contribution in [2.75, 3.05) is 0 Å². The smallest absolute Gasteiger partial charge is 0.134 e. The molecule has 0 aliphatic heterocycles. The number of rotatable bonds is 1. The summed E-state index contributed by atoms with van der Waals surface area (Å²) in [5.41, 5.74) is 7.48. The van der Waals surface area contributed by atoms with E-state index in [-0.39, 0.29) is 0 Å². The van der Waals surface area contributed by atoms with Gasteiger partial charge in [-0.1, -0.05) is 6.07 Å². The van der Waals surface area contributed by atoms with Gasteiger partial charge in [-0.3, -0.25) is 4.98 Å². The van der Waals surface area contributed by atoms with E-state index in [9.17, 15) is 0 Å². The van der Waals surface area contributed by atoms with E-state index in [1.165, 1.54) is 0 Å². The van der Waals surface area contributed by atoms with Crippen LogP contribution in [0.25, 0.3) is 21.7 Å². The number of pyridine rings is 1. The molecule has 3 heteroatoms. The van der Waals surface area contributed by atoms with Crippen LogP contribution in [-0.4, -0.2) is 4.98 Å². The average Bonchev–Trinajstić information content (AvgIpc) is 2.76. The molecule has 0 atom stereocenters. The third-order valence-corrected chi connectivity index (χ3v) is 2.63. The van der Waals surface area contributed by atoms with Crippen molar-refractivity contribution in [2.45, 2.75) is 6.54 Å². The van der Waals surface area contributed by atoms with Gasteiger partial charge in [0.25, 0.3) is 0 Å². The SMILES string of the molecule is NCc1nccc2ccc3occc3c12. The standard InChI is InChI=1S/C12H10N2O/c13-7-10-12-8(3-5-14-10)1-2-11-9(12)4-6-15-11/h1-6H,7,13H2. The Morgan fingerprint density at radius 1 is 1.20 bits per heavy atom. The first kappa shape index (κ1) is 8.44. The molecule has 1 aromatic carbocycles. The molecule has 0 saturated heterocycles. The second-order valence-electron chi connectivity index (χ2n) is 3.46. The number of nitrogens with zero attached hydrogens (tertiary/aromatic N) is 1. The van der Waals surface area contributed by atoms with E-state index >= 15 is 0 Å². The van der Waals surface area contributed by atoms with Crippen molar-refractivity contribution >= 4 is 21.7 Å². The molecule has 0 amide bonds. The minimum atomic E-state index is 0.446. The van der Waals surface area contributed by atoms with E-state index in [4.69, 9.17) is 10.2 Å². The van der Waals surface area contributed by atoms with Crippen molar-refractivity contribution in [3.63, 3.8) is 0 Å². The maximum atomic E-state index is 5.68. The summed E-state index contributed by atoms with van der Waals surface area (Å²) in [7, 11) is 0. The van der Waals surface area contributed by atoms with Crippen LogP contribution in [0.3, 0.4) is 0 Å². The molecule has 3 nitrogen and oxygen atoms in total. The van der Waals surface area contributed by atoms with E-state index in [2.05, 4.69) is 4.98 Å². The molecule has 0 spiro atoms. The Morgan fingerprint density at radius 2 is 2.13 bits per heavy atom. The number of fused-ring (bicyclic) bond motifs is 3. The lowest BCUT2D eigenvalue weighted by Crippen LogP contribution is -2.00. The monoisotopic (exact) mass is 198 g/mol. The molecule has 0 aliphatic carbocycles. The van der Waals surface area contributed by atoms with Gasteiger partial charge in [0, 0.05) is 23.5 Å². The van der Waals surface area contributed by atoms with Gasteiger partial charge in [0.15, 0.2) is 0 Å². The maximum absolute atomic E-state index is 5.68. The Bertz CT molecular complexity index is 628. The Hall–Kier alpha value is -1.87. The second-order valence-corrected chi connectivity index (χ2v) is 3.46. The third kappa shape index (κ3) is 1.13. The summed E-state index contributed by atoms with van der Waals surface area (Å²) in [6, 6.07) is 7.94. The van der Waals surface area contributed by atoms with Gasteiger partial charge in [-0.15, -0.1) is 0 Å². The van der Waals surface area contributed by atoms with Gasteiger partial charge in [-0.2, -0.15) is 0 Å². The van der Waals surface area contributed by atoms with Crippen LogP contribution in [0.2, 0.25) is 0 Å². The summed E-state index contributed by atoms with van der Waals surface area (Å²) in [6.45, 7) is 0.446. The zero-order valence-corrected chi connectivity index (χ0v) is 8.10. The molecule has 3 aromatic rings. The fraction of sp³-hybridized carbons (Fsp3) is 0.0833. The van der Waals surface area contributed by atoms with Gasteiger partial charge in [0.2, 0.25) is 0 Å². The van der Waals surface area contributed by atoms with Crippen LogP contribution in [-0.2, 0) is 6.54 Å². The van der Waals surface area contributed by atoms with Gasteiger partial charge in [0.05, 0.1) is 12.0 Å². The number of aromatic nitrogens is 1. The minimum absolute atomic E-state index is 0.446. The Morgan fingerprint density at radius 3 is 3.00 bits per heavy atom. The maximum Gasteiger partial charge on any atom is 0.134 e. The van der Waals surface area contributed by atoms with E-state index < -0.39 is 0 Å². The molecular weight excluding hydrogens is 188 g/mol. The molecule has 0 aliphatic rings. The highest BCUT2D eigenvalue weighted by Gasteiger charge is 2.06. The van der Waals surface area contributed by atoms with Gasteiger partial charge < -0.3 is 10.2 Å². The van der Waals surface area contributed by atoms with Gasteiger partial charge in [0.1, 0.15) is 5.58 Å². The second kappa shape index (κ2) is 3.07. The quantitative estimate of drug-likeness (QED) is 0.653. The lowest BCUT2D eigenvalue weighted by atomic mass is 10.1. The normalized spacial score (nSPS) is 11.3. The number of hydrogen-bond donors (Lipinski definition) is 1. The zero-order chi connectivity index (χ0) is 10.3. The largest absolute Gasteiger partial charge is 0.464 e. The summed E-state index contributed by atoms with van der Waals surface area (Å²) >= 11 is 0. The van der Waals surface area contributed by atoms with Crippen LogP contribution in [0, 0.1) is 0 Å². The van der Waals surface area contributed by atoms with Crippen molar-refractivity contribution in [1.29, 1.82) is 0 Å². The molecule has 0 bridgehead atoms. The van der Waals surface area contributed by atoms with Crippen molar-refractivity contribution < 1.29 is 4.42 Å². The van der Waals surface area contributed by atoms with Crippen LogP contribution >= 0.6 is 0 Å². The van der Waals surface area contributed by atoms with Crippen LogP contribution in [0.4, 0.5) is 0 Å². The highest BCUT2D eigenvalue weighted by molar-refractivity contribution is 6.06. The van der Waals surface area contributed by atoms with E-state index in [0.29, 0.717) is 6.54 Å². The topological polar surface area (TPSA) is 52.0 Å². The van der Waals surface area contributed by atoms with Crippen LogP contribution < -0.4 is 5.73 Å². The average molecular weight is 198 g/mol. The Balaban J connectivity index is 2.58. The van der Waals surface area contributed by atoms with Crippen molar-refractivity contribution in [2.24, 2.45) is 5.73 Å². The van der Waals surface area contributed by atoms with Gasteiger partial charge >= 0.3 is 0 Å². The summed E-state index contributed by atoms with van der Waals surface area (Å²) in [6.07, 6.45) is 3.48. The summed E-state index contributed by atoms with van der Waals surface area (Å²) in [5.74, 6) is 0. The highest BCUT2D eigenvalue weighted by Crippen LogP contribution is 2.27. The molecule has 15 heavy (non-hydrogen) atoms. The van der Waals surface area contributed by atoms with Gasteiger partial charge in [-0.25, -0.2) is 0 Å². The molecule has 0 saturated carbocycles. The van der Waals surface area contributed by atoms with Crippen LogP contribution in [0.15, 0.2) is 41.1 Å². The third-order valence-electron chi connectivity index (χ3n) is 2.63. The Labute approximate surface area is 86.5 Å². The predicted molar refractivity (Wildman–Crippen MR) is 59.4 cm³/mol. The first-order chi connectivity index (χ1) is 7.40. The number of furan rings is 1. The van der Waals surface area contributed by atoms with Crippen molar-refractivity contribution in [3.8, 4) is 0 Å². The lowest BCUT2D eigenvalue weighted by molar-refractivity contribution is 0.616. The van der Waals surface area contributed by atoms with Crippen molar-refractivity contribution in [3.05, 3.63) is 42.4 Å². The number of hydrogen-bond acceptors (Lipinski definition) is 3. The summed E-state index contributed by atoms with van der Waals surface area (Å²) in [5, 5.41) is 3.34. The Kier molecular flexibility index (Phi) is 1.73. The first-order valence-electron chi connectivity index (χ1n) is 4.84. The van der Waals surface area contributed by atoms with E-state index in [0.717, 1.165) is 27.4 Å². The molecule has 2 heterocycles. The van der Waals surface area contributed by atoms with E-state index in [1.807, 2.05) is 24.3 Å². The van der Waals surface area contributed by atoms with E-state index in [1.54, 1.807) is 12.5 Å². The molecule has 0 unspecified atom stereocenters. The molecule has 74 valence electrons. The molecule has 0 fully saturated rings. The van der Waals surface area contributed by atoms with Crippen LogP contribution in [0.5, 0.6) is 0 Å². The highest BCUT2D eigenvalue weighted by atomic mass is 16.3. The van der Waals surface area contributed by atoms with Crippen molar-refractivity contribution in [1.82, 2.24) is 4.98 Å². The lowest BCUT2D eigenvalue weighted by Gasteiger charge is -2.03.